The molecule has 3 heteroatoms. The quantitative estimate of drug-likeness (QED) is 0.407. The fraction of sp³-hybridized carbons (Fsp3) is 0.500. The summed E-state index contributed by atoms with van der Waals surface area (Å²) in [6.45, 7) is 9.84. The van der Waals surface area contributed by atoms with Crippen LogP contribution < -0.4 is 5.73 Å². The number of rotatable bonds is 4. The molecule has 0 aromatic carbocycles. The lowest BCUT2D eigenvalue weighted by Gasteiger charge is -2.07. The van der Waals surface area contributed by atoms with E-state index in [1.165, 1.54) is 0 Å². The van der Waals surface area contributed by atoms with Crippen molar-refractivity contribution in [2.75, 3.05) is 0 Å². The highest BCUT2D eigenvalue weighted by Crippen LogP contribution is 2.09. The van der Waals surface area contributed by atoms with E-state index in [4.69, 9.17) is 5.73 Å². The van der Waals surface area contributed by atoms with Crippen molar-refractivity contribution < 1.29 is 0 Å². The van der Waals surface area contributed by atoms with Crippen molar-refractivity contribution in [3.8, 4) is 0 Å². The highest BCUT2D eigenvalue weighted by molar-refractivity contribution is 7.84. The summed E-state index contributed by atoms with van der Waals surface area (Å²) in [7, 11) is 0. The van der Waals surface area contributed by atoms with Crippen LogP contribution >= 0.6 is 12.6 Å². The van der Waals surface area contributed by atoms with Crippen molar-refractivity contribution in [1.82, 2.24) is 0 Å². The lowest BCUT2D eigenvalue weighted by molar-refractivity contribution is 0.852. The molecule has 74 valence electrons. The van der Waals surface area contributed by atoms with E-state index >= 15 is 0 Å². The van der Waals surface area contributed by atoms with E-state index in [2.05, 4.69) is 45.0 Å². The first-order valence-electron chi connectivity index (χ1n) is 4.41. The molecule has 0 spiro atoms. The number of nitrogens with zero attached hydrogens (tertiary/aromatic N) is 1. The molecule has 2 N–H and O–H groups in total. The molecule has 0 aliphatic heterocycles. The standard InChI is InChI=1S/C10H18N2S/c1-5-8(7(3)4)12-10(11)9(13)6-2/h6-7,13H,2,5,11H2,1,3-4H3/b10-9+,12-8+. The highest BCUT2D eigenvalue weighted by Gasteiger charge is 2.03. The van der Waals surface area contributed by atoms with E-state index in [1.54, 1.807) is 6.08 Å². The average Bonchev–Trinajstić information content (AvgIpc) is 2.11. The minimum Gasteiger partial charge on any atom is -0.383 e. The molecule has 0 radical (unpaired) electrons. The number of nitrogens with two attached hydrogens (primary N) is 1. The molecule has 0 atom stereocenters. The summed E-state index contributed by atoms with van der Waals surface area (Å²) in [5.74, 6) is 0.874. The number of allylic oxidation sites excluding steroid dienone is 1. The lowest BCUT2D eigenvalue weighted by atomic mass is 10.1. The topological polar surface area (TPSA) is 38.4 Å². The molecule has 0 saturated heterocycles. The summed E-state index contributed by atoms with van der Waals surface area (Å²) >= 11 is 4.14. The molecule has 0 heterocycles. The Bertz CT molecular complexity index is 239. The average molecular weight is 198 g/mol. The van der Waals surface area contributed by atoms with Gasteiger partial charge in [-0.3, -0.25) is 0 Å². The minimum atomic E-state index is 0.425. The van der Waals surface area contributed by atoms with Crippen LogP contribution in [0.1, 0.15) is 27.2 Å². The Hall–Kier alpha value is -0.700. The van der Waals surface area contributed by atoms with Crippen molar-refractivity contribution in [2.45, 2.75) is 27.2 Å². The molecular weight excluding hydrogens is 180 g/mol. The Morgan fingerprint density at radius 3 is 2.46 bits per heavy atom. The summed E-state index contributed by atoms with van der Waals surface area (Å²) in [5, 5.41) is 0. The molecule has 0 aromatic rings. The molecule has 2 nitrogen and oxygen atoms in total. The van der Waals surface area contributed by atoms with E-state index in [0.717, 1.165) is 12.1 Å². The third kappa shape index (κ3) is 4.18. The summed E-state index contributed by atoms with van der Waals surface area (Å²) in [4.78, 5) is 4.92. The van der Waals surface area contributed by atoms with Crippen LogP contribution in [-0.4, -0.2) is 5.71 Å². The molecule has 0 rings (SSSR count). The van der Waals surface area contributed by atoms with Crippen LogP contribution in [0.3, 0.4) is 0 Å². The van der Waals surface area contributed by atoms with E-state index in [-0.39, 0.29) is 0 Å². The van der Waals surface area contributed by atoms with Gasteiger partial charge < -0.3 is 5.73 Å². The molecule has 0 bridgehead atoms. The van der Waals surface area contributed by atoms with Crippen LogP contribution in [0.15, 0.2) is 28.4 Å². The first kappa shape index (κ1) is 12.3. The number of hydrogen-bond acceptors (Lipinski definition) is 3. The maximum absolute atomic E-state index is 5.69. The van der Waals surface area contributed by atoms with Crippen LogP contribution in [0.25, 0.3) is 0 Å². The van der Waals surface area contributed by atoms with Crippen molar-refractivity contribution in [3.05, 3.63) is 23.4 Å². The van der Waals surface area contributed by atoms with Gasteiger partial charge >= 0.3 is 0 Å². The maximum Gasteiger partial charge on any atom is 0.136 e. The second-order valence-corrected chi connectivity index (χ2v) is 3.57. The predicted octanol–water partition coefficient (Wildman–Crippen LogP) is 2.74. The smallest absolute Gasteiger partial charge is 0.136 e. The van der Waals surface area contributed by atoms with Gasteiger partial charge in [0.05, 0.1) is 0 Å². The molecule has 0 saturated carbocycles. The van der Waals surface area contributed by atoms with Gasteiger partial charge in [0.2, 0.25) is 0 Å². The predicted molar refractivity (Wildman–Crippen MR) is 63.0 cm³/mol. The second kappa shape index (κ2) is 5.86. The number of aliphatic imine (C=N–C) groups is 1. The molecular formula is C10H18N2S. The van der Waals surface area contributed by atoms with Gasteiger partial charge in [-0.2, -0.15) is 0 Å². The van der Waals surface area contributed by atoms with Gasteiger partial charge in [0.25, 0.3) is 0 Å². The van der Waals surface area contributed by atoms with E-state index in [9.17, 15) is 0 Å². The largest absolute Gasteiger partial charge is 0.383 e. The van der Waals surface area contributed by atoms with Crippen LogP contribution in [0.2, 0.25) is 0 Å². The molecule has 13 heavy (non-hydrogen) atoms. The Labute approximate surface area is 86.0 Å². The fourth-order valence-electron chi connectivity index (χ4n) is 0.933. The molecule has 0 unspecified atom stereocenters. The van der Waals surface area contributed by atoms with Gasteiger partial charge in [0.15, 0.2) is 0 Å². The number of hydrogen-bond donors (Lipinski definition) is 2. The Kier molecular flexibility index (Phi) is 5.55. The van der Waals surface area contributed by atoms with Crippen molar-refractivity contribution >= 4 is 18.3 Å². The first-order valence-corrected chi connectivity index (χ1v) is 4.86. The van der Waals surface area contributed by atoms with Gasteiger partial charge in [-0.25, -0.2) is 4.99 Å². The highest BCUT2D eigenvalue weighted by atomic mass is 32.1. The van der Waals surface area contributed by atoms with E-state index < -0.39 is 0 Å². The van der Waals surface area contributed by atoms with Crippen LogP contribution in [0.5, 0.6) is 0 Å². The Morgan fingerprint density at radius 2 is 2.15 bits per heavy atom. The molecule has 0 amide bonds. The zero-order valence-corrected chi connectivity index (χ0v) is 9.44. The summed E-state index contributed by atoms with van der Waals surface area (Å²) < 4.78 is 0. The third-order valence-electron chi connectivity index (χ3n) is 1.75. The van der Waals surface area contributed by atoms with Gasteiger partial charge in [0, 0.05) is 10.6 Å². The molecule has 0 aliphatic rings. The molecule has 0 aliphatic carbocycles. The van der Waals surface area contributed by atoms with E-state index in [0.29, 0.717) is 16.6 Å². The monoisotopic (exact) mass is 198 g/mol. The minimum absolute atomic E-state index is 0.425. The van der Waals surface area contributed by atoms with Gasteiger partial charge in [-0.15, -0.1) is 12.6 Å². The van der Waals surface area contributed by atoms with Crippen LogP contribution in [0, 0.1) is 5.92 Å². The normalized spacial score (nSPS) is 14.4. The molecule has 0 aromatic heterocycles. The summed E-state index contributed by atoms with van der Waals surface area (Å²) in [5.41, 5.74) is 6.78. The first-order chi connectivity index (χ1) is 6.02. The third-order valence-corrected chi connectivity index (χ3v) is 2.16. The molecule has 0 fully saturated rings. The lowest BCUT2D eigenvalue weighted by Crippen LogP contribution is -2.09. The maximum atomic E-state index is 5.69. The summed E-state index contributed by atoms with van der Waals surface area (Å²) in [6, 6.07) is 0. The number of thiol groups is 1. The zero-order chi connectivity index (χ0) is 10.4. The van der Waals surface area contributed by atoms with Crippen molar-refractivity contribution in [1.29, 1.82) is 0 Å². The van der Waals surface area contributed by atoms with Crippen LogP contribution in [0.4, 0.5) is 0 Å². The van der Waals surface area contributed by atoms with Gasteiger partial charge in [-0.1, -0.05) is 33.4 Å². The fourth-order valence-corrected chi connectivity index (χ4v) is 0.983. The van der Waals surface area contributed by atoms with Crippen molar-refractivity contribution in [3.63, 3.8) is 0 Å². The summed E-state index contributed by atoms with van der Waals surface area (Å²) in [6.07, 6.45) is 2.51. The second-order valence-electron chi connectivity index (χ2n) is 3.09. The van der Waals surface area contributed by atoms with Crippen LogP contribution in [-0.2, 0) is 0 Å². The Morgan fingerprint density at radius 1 is 1.62 bits per heavy atom. The van der Waals surface area contributed by atoms with E-state index in [1.807, 2.05) is 0 Å². The SMILES string of the molecule is C=C/C(S)=C(N)\N=C(/CC)C(C)C. The Balaban J connectivity index is 4.80. The zero-order valence-electron chi connectivity index (χ0n) is 8.54. The van der Waals surface area contributed by atoms with Gasteiger partial charge in [-0.05, 0) is 12.3 Å². The van der Waals surface area contributed by atoms with Crippen molar-refractivity contribution in [2.24, 2.45) is 16.6 Å². The van der Waals surface area contributed by atoms with Gasteiger partial charge in [0.1, 0.15) is 5.82 Å².